The van der Waals surface area contributed by atoms with Gasteiger partial charge in [-0.25, -0.2) is 13.1 Å². The van der Waals surface area contributed by atoms with Crippen LogP contribution < -0.4 is 4.72 Å². The minimum Gasteiger partial charge on any atom is -0.303 e. The molecule has 22 heavy (non-hydrogen) atoms. The van der Waals surface area contributed by atoms with Crippen LogP contribution in [0.4, 0.5) is 0 Å². The lowest BCUT2D eigenvalue weighted by molar-refractivity contribution is 0.282. The van der Waals surface area contributed by atoms with E-state index in [0.29, 0.717) is 6.54 Å². The summed E-state index contributed by atoms with van der Waals surface area (Å²) in [6, 6.07) is 7.40. The summed E-state index contributed by atoms with van der Waals surface area (Å²) in [5.41, 5.74) is 0.809. The molecule has 0 bridgehead atoms. The monoisotopic (exact) mass is 388 g/mol. The minimum atomic E-state index is -3.24. The summed E-state index contributed by atoms with van der Waals surface area (Å²) in [5, 5.41) is 0. The Labute approximate surface area is 142 Å². The zero-order chi connectivity index (χ0) is 15.8. The standard InChI is InChI=1S/C16H25BrN2O2S/c17-16-8-6-15(7-9-16)14-22(20,21)18-10-5-13-19-11-3-1-2-4-12-19/h6-9,18H,1-5,10-14H2. The molecular formula is C16H25BrN2O2S. The highest BCUT2D eigenvalue weighted by molar-refractivity contribution is 9.10. The van der Waals surface area contributed by atoms with Crippen molar-refractivity contribution in [1.82, 2.24) is 9.62 Å². The Morgan fingerprint density at radius 1 is 1.05 bits per heavy atom. The van der Waals surface area contributed by atoms with E-state index >= 15 is 0 Å². The first-order valence-electron chi connectivity index (χ1n) is 7.99. The van der Waals surface area contributed by atoms with Gasteiger partial charge in [0.05, 0.1) is 5.75 Å². The molecule has 0 unspecified atom stereocenters. The molecule has 2 rings (SSSR count). The summed E-state index contributed by atoms with van der Waals surface area (Å²) in [5.74, 6) is 0.0456. The SMILES string of the molecule is O=S(=O)(Cc1ccc(Br)cc1)NCCCN1CCCCCC1. The largest absolute Gasteiger partial charge is 0.303 e. The second-order valence-electron chi connectivity index (χ2n) is 5.89. The Morgan fingerprint density at radius 3 is 2.32 bits per heavy atom. The predicted molar refractivity (Wildman–Crippen MR) is 94.3 cm³/mol. The van der Waals surface area contributed by atoms with Gasteiger partial charge in [0.1, 0.15) is 0 Å². The van der Waals surface area contributed by atoms with Crippen LogP contribution in [-0.4, -0.2) is 39.5 Å². The average Bonchev–Trinajstić information content (AvgIpc) is 2.75. The molecule has 6 heteroatoms. The first-order valence-corrected chi connectivity index (χ1v) is 10.4. The van der Waals surface area contributed by atoms with Gasteiger partial charge in [0.25, 0.3) is 0 Å². The third-order valence-corrected chi connectivity index (χ3v) is 5.83. The van der Waals surface area contributed by atoms with Crippen LogP contribution in [0.25, 0.3) is 0 Å². The third-order valence-electron chi connectivity index (χ3n) is 3.94. The Balaban J connectivity index is 1.69. The zero-order valence-electron chi connectivity index (χ0n) is 12.9. The predicted octanol–water partition coefficient (Wildman–Crippen LogP) is 3.13. The summed E-state index contributed by atoms with van der Waals surface area (Å²) in [4.78, 5) is 2.45. The highest BCUT2D eigenvalue weighted by atomic mass is 79.9. The van der Waals surface area contributed by atoms with Crippen molar-refractivity contribution in [3.05, 3.63) is 34.3 Å². The summed E-state index contributed by atoms with van der Waals surface area (Å²) in [7, 11) is -3.24. The first-order chi connectivity index (χ1) is 10.6. The van der Waals surface area contributed by atoms with Crippen molar-refractivity contribution >= 4 is 26.0 Å². The van der Waals surface area contributed by atoms with Gasteiger partial charge >= 0.3 is 0 Å². The molecule has 1 aromatic rings. The molecule has 1 saturated heterocycles. The van der Waals surface area contributed by atoms with Crippen molar-refractivity contribution in [2.75, 3.05) is 26.2 Å². The first kappa shape index (κ1) is 17.9. The molecule has 0 aliphatic carbocycles. The summed E-state index contributed by atoms with van der Waals surface area (Å²) >= 11 is 3.35. The fraction of sp³-hybridized carbons (Fsp3) is 0.625. The molecule has 124 valence electrons. The number of hydrogen-bond donors (Lipinski definition) is 1. The molecule has 0 atom stereocenters. The maximum Gasteiger partial charge on any atom is 0.215 e. The van der Waals surface area contributed by atoms with E-state index in [0.717, 1.165) is 36.1 Å². The maximum absolute atomic E-state index is 12.1. The molecule has 4 nitrogen and oxygen atoms in total. The highest BCUT2D eigenvalue weighted by Crippen LogP contribution is 2.12. The number of rotatable bonds is 7. The van der Waals surface area contributed by atoms with Crippen LogP contribution >= 0.6 is 15.9 Å². The molecule has 1 aliphatic heterocycles. The summed E-state index contributed by atoms with van der Waals surface area (Å²) in [6.07, 6.45) is 6.08. The second-order valence-corrected chi connectivity index (χ2v) is 8.61. The van der Waals surface area contributed by atoms with E-state index in [1.54, 1.807) is 0 Å². The summed E-state index contributed by atoms with van der Waals surface area (Å²) in [6.45, 7) is 3.83. The van der Waals surface area contributed by atoms with Crippen molar-refractivity contribution in [1.29, 1.82) is 0 Å². The van der Waals surface area contributed by atoms with E-state index in [4.69, 9.17) is 0 Å². The molecule has 1 aromatic carbocycles. The fourth-order valence-electron chi connectivity index (χ4n) is 2.74. The molecule has 1 aliphatic rings. The normalized spacial score (nSPS) is 17.3. The lowest BCUT2D eigenvalue weighted by Crippen LogP contribution is -2.31. The van der Waals surface area contributed by atoms with Gasteiger partial charge in [0.2, 0.25) is 10.0 Å². The number of benzene rings is 1. The average molecular weight is 389 g/mol. The van der Waals surface area contributed by atoms with E-state index in [1.807, 2.05) is 24.3 Å². The van der Waals surface area contributed by atoms with Crippen molar-refractivity contribution in [2.24, 2.45) is 0 Å². The Kier molecular flexibility index (Phi) is 7.34. The number of halogens is 1. The Morgan fingerprint density at radius 2 is 1.68 bits per heavy atom. The minimum absolute atomic E-state index is 0.0456. The van der Waals surface area contributed by atoms with Crippen molar-refractivity contribution in [2.45, 2.75) is 37.9 Å². The van der Waals surface area contributed by atoms with Crippen molar-refractivity contribution in [3.63, 3.8) is 0 Å². The van der Waals surface area contributed by atoms with Gasteiger partial charge in [-0.05, 0) is 56.6 Å². The van der Waals surface area contributed by atoms with E-state index in [-0.39, 0.29) is 5.75 Å². The molecule has 0 saturated carbocycles. The summed E-state index contributed by atoms with van der Waals surface area (Å²) < 4.78 is 27.8. The van der Waals surface area contributed by atoms with Crippen LogP contribution in [0.3, 0.4) is 0 Å². The molecular weight excluding hydrogens is 364 g/mol. The molecule has 0 radical (unpaired) electrons. The number of sulfonamides is 1. The molecule has 0 spiro atoms. The zero-order valence-corrected chi connectivity index (χ0v) is 15.3. The highest BCUT2D eigenvalue weighted by Gasteiger charge is 2.12. The Bertz CT molecular complexity index is 538. The fourth-order valence-corrected chi connectivity index (χ4v) is 4.19. The lowest BCUT2D eigenvalue weighted by Gasteiger charge is -2.19. The van der Waals surface area contributed by atoms with Gasteiger partial charge in [-0.1, -0.05) is 40.9 Å². The maximum atomic E-state index is 12.1. The van der Waals surface area contributed by atoms with Crippen LogP contribution in [0.2, 0.25) is 0 Å². The molecule has 1 N–H and O–H groups in total. The van der Waals surface area contributed by atoms with E-state index in [2.05, 4.69) is 25.6 Å². The molecule has 1 fully saturated rings. The van der Waals surface area contributed by atoms with Crippen LogP contribution in [0.15, 0.2) is 28.7 Å². The van der Waals surface area contributed by atoms with Crippen LogP contribution in [-0.2, 0) is 15.8 Å². The van der Waals surface area contributed by atoms with E-state index in [9.17, 15) is 8.42 Å². The number of hydrogen-bond acceptors (Lipinski definition) is 3. The smallest absolute Gasteiger partial charge is 0.215 e. The van der Waals surface area contributed by atoms with Gasteiger partial charge in [-0.3, -0.25) is 0 Å². The van der Waals surface area contributed by atoms with Crippen LogP contribution in [0, 0.1) is 0 Å². The third kappa shape index (κ3) is 6.77. The second kappa shape index (κ2) is 9.01. The molecule has 0 aromatic heterocycles. The van der Waals surface area contributed by atoms with Gasteiger partial charge in [0.15, 0.2) is 0 Å². The van der Waals surface area contributed by atoms with E-state index in [1.165, 1.54) is 25.7 Å². The van der Waals surface area contributed by atoms with E-state index < -0.39 is 10.0 Å². The van der Waals surface area contributed by atoms with Crippen molar-refractivity contribution < 1.29 is 8.42 Å². The quantitative estimate of drug-likeness (QED) is 0.729. The number of nitrogens with zero attached hydrogens (tertiary/aromatic N) is 1. The van der Waals surface area contributed by atoms with Gasteiger partial charge in [0, 0.05) is 11.0 Å². The Hall–Kier alpha value is -0.430. The van der Waals surface area contributed by atoms with Gasteiger partial charge in [-0.2, -0.15) is 0 Å². The van der Waals surface area contributed by atoms with Gasteiger partial charge in [-0.15, -0.1) is 0 Å². The number of nitrogens with one attached hydrogen (secondary N) is 1. The van der Waals surface area contributed by atoms with Crippen molar-refractivity contribution in [3.8, 4) is 0 Å². The van der Waals surface area contributed by atoms with Crippen LogP contribution in [0.5, 0.6) is 0 Å². The molecule has 1 heterocycles. The number of likely N-dealkylation sites (tertiary alicyclic amines) is 1. The lowest BCUT2D eigenvalue weighted by atomic mass is 10.2. The van der Waals surface area contributed by atoms with Gasteiger partial charge < -0.3 is 4.90 Å². The molecule has 0 amide bonds. The topological polar surface area (TPSA) is 49.4 Å². The van der Waals surface area contributed by atoms with Crippen LogP contribution in [0.1, 0.15) is 37.7 Å².